The summed E-state index contributed by atoms with van der Waals surface area (Å²) in [6, 6.07) is 12.5. The van der Waals surface area contributed by atoms with E-state index in [0.29, 0.717) is 34.6 Å². The first-order valence-corrected chi connectivity index (χ1v) is 8.55. The van der Waals surface area contributed by atoms with Crippen LogP contribution in [0.1, 0.15) is 18.3 Å². The van der Waals surface area contributed by atoms with Crippen molar-refractivity contribution in [3.8, 4) is 17.2 Å². The summed E-state index contributed by atoms with van der Waals surface area (Å²) < 4.78 is 10.8. The molecule has 0 saturated heterocycles. The van der Waals surface area contributed by atoms with Gasteiger partial charge >= 0.3 is 0 Å². The summed E-state index contributed by atoms with van der Waals surface area (Å²) in [5.41, 5.74) is 2.21. The number of hydrogen-bond acceptors (Lipinski definition) is 5. The fourth-order valence-corrected chi connectivity index (χ4v) is 2.49. The number of hydrogen-bond donors (Lipinski definition) is 1. The molecule has 0 aliphatic heterocycles. The minimum absolute atomic E-state index is 0.126. The standard InChI is InChI=1S/C19H18ClN3O3/c1-3-17-22-19(26-23-17)13-6-4-7-14(10-13)25-11-18(24)21-16-9-5-8-15(20)12(16)2/h4-10H,3,11H2,1-2H3,(H,21,24). The molecule has 0 atom stereocenters. The molecule has 3 aromatic rings. The molecule has 1 amide bonds. The number of nitrogens with one attached hydrogen (secondary N) is 1. The second-order valence-electron chi connectivity index (χ2n) is 5.65. The van der Waals surface area contributed by atoms with Gasteiger partial charge in [0.15, 0.2) is 12.4 Å². The predicted molar refractivity (Wildman–Crippen MR) is 99.4 cm³/mol. The Bertz CT molecular complexity index is 924. The largest absolute Gasteiger partial charge is 0.484 e. The minimum atomic E-state index is -0.271. The first-order valence-electron chi connectivity index (χ1n) is 8.17. The van der Waals surface area contributed by atoms with E-state index in [0.717, 1.165) is 11.1 Å². The van der Waals surface area contributed by atoms with Crippen molar-refractivity contribution in [3.05, 3.63) is 58.9 Å². The van der Waals surface area contributed by atoms with Gasteiger partial charge in [0.1, 0.15) is 5.75 Å². The molecule has 1 N–H and O–H groups in total. The van der Waals surface area contributed by atoms with Crippen LogP contribution in [0.15, 0.2) is 47.0 Å². The van der Waals surface area contributed by atoms with Crippen molar-refractivity contribution in [2.24, 2.45) is 0 Å². The number of aryl methyl sites for hydroxylation is 1. The first-order chi connectivity index (χ1) is 12.6. The summed E-state index contributed by atoms with van der Waals surface area (Å²) in [6.07, 6.45) is 0.697. The summed E-state index contributed by atoms with van der Waals surface area (Å²) in [6.45, 7) is 3.67. The number of halogens is 1. The number of amides is 1. The molecule has 0 aliphatic rings. The average molecular weight is 372 g/mol. The van der Waals surface area contributed by atoms with Crippen LogP contribution in [0.3, 0.4) is 0 Å². The van der Waals surface area contributed by atoms with E-state index in [1.165, 1.54) is 0 Å². The molecule has 1 aromatic heterocycles. The lowest BCUT2D eigenvalue weighted by atomic mass is 10.2. The van der Waals surface area contributed by atoms with Gasteiger partial charge in [0.2, 0.25) is 0 Å². The highest BCUT2D eigenvalue weighted by Crippen LogP contribution is 2.24. The van der Waals surface area contributed by atoms with Crippen LogP contribution in [0.4, 0.5) is 5.69 Å². The molecule has 1 heterocycles. The number of benzene rings is 2. The Morgan fingerprint density at radius 1 is 1.27 bits per heavy atom. The topological polar surface area (TPSA) is 77.2 Å². The molecule has 6 nitrogen and oxygen atoms in total. The van der Waals surface area contributed by atoms with Gasteiger partial charge in [0.25, 0.3) is 11.8 Å². The molecule has 3 rings (SSSR count). The van der Waals surface area contributed by atoms with Gasteiger partial charge in [0, 0.05) is 22.7 Å². The van der Waals surface area contributed by atoms with E-state index in [9.17, 15) is 4.79 Å². The highest BCUT2D eigenvalue weighted by Gasteiger charge is 2.10. The van der Waals surface area contributed by atoms with Gasteiger partial charge in [-0.2, -0.15) is 4.98 Å². The first kappa shape index (κ1) is 17.9. The third kappa shape index (κ3) is 4.21. The van der Waals surface area contributed by atoms with E-state index >= 15 is 0 Å². The van der Waals surface area contributed by atoms with Crippen molar-refractivity contribution in [2.45, 2.75) is 20.3 Å². The van der Waals surface area contributed by atoms with Crippen LogP contribution in [0.5, 0.6) is 5.75 Å². The second kappa shape index (κ2) is 8.01. The maximum Gasteiger partial charge on any atom is 0.262 e. The molecular formula is C19H18ClN3O3. The van der Waals surface area contributed by atoms with Crippen LogP contribution in [0.25, 0.3) is 11.5 Å². The Kier molecular flexibility index (Phi) is 5.53. The van der Waals surface area contributed by atoms with Crippen LogP contribution < -0.4 is 10.1 Å². The lowest BCUT2D eigenvalue weighted by Crippen LogP contribution is -2.20. The minimum Gasteiger partial charge on any atom is -0.484 e. The Morgan fingerprint density at radius 3 is 2.85 bits per heavy atom. The fraction of sp³-hybridized carbons (Fsp3) is 0.211. The number of nitrogens with zero attached hydrogens (tertiary/aromatic N) is 2. The summed E-state index contributed by atoms with van der Waals surface area (Å²) >= 11 is 6.06. The molecule has 0 unspecified atom stereocenters. The molecule has 0 spiro atoms. The van der Waals surface area contributed by atoms with E-state index in [-0.39, 0.29) is 12.5 Å². The van der Waals surface area contributed by atoms with E-state index < -0.39 is 0 Å². The quantitative estimate of drug-likeness (QED) is 0.699. The summed E-state index contributed by atoms with van der Waals surface area (Å²) in [5.74, 6) is 1.33. The number of aromatic nitrogens is 2. The summed E-state index contributed by atoms with van der Waals surface area (Å²) in [4.78, 5) is 16.4. The zero-order valence-corrected chi connectivity index (χ0v) is 15.2. The Morgan fingerprint density at radius 2 is 2.08 bits per heavy atom. The van der Waals surface area contributed by atoms with Crippen LogP contribution in [0, 0.1) is 6.92 Å². The predicted octanol–water partition coefficient (Wildman–Crippen LogP) is 4.28. The number of carbonyl (C=O) groups excluding carboxylic acids is 1. The second-order valence-corrected chi connectivity index (χ2v) is 6.05. The van der Waals surface area contributed by atoms with E-state index in [1.807, 2.05) is 19.9 Å². The average Bonchev–Trinajstić information content (AvgIpc) is 3.13. The van der Waals surface area contributed by atoms with Crippen LogP contribution in [0.2, 0.25) is 5.02 Å². The maximum absolute atomic E-state index is 12.1. The van der Waals surface area contributed by atoms with Gasteiger partial charge in [-0.15, -0.1) is 0 Å². The molecular weight excluding hydrogens is 354 g/mol. The molecule has 2 aromatic carbocycles. The van der Waals surface area contributed by atoms with Crippen LogP contribution in [-0.4, -0.2) is 22.7 Å². The van der Waals surface area contributed by atoms with Crippen LogP contribution >= 0.6 is 11.6 Å². The van der Waals surface area contributed by atoms with Gasteiger partial charge in [-0.25, -0.2) is 0 Å². The van der Waals surface area contributed by atoms with Crippen molar-refractivity contribution >= 4 is 23.2 Å². The Hall–Kier alpha value is -2.86. The molecule has 0 saturated carbocycles. The summed E-state index contributed by atoms with van der Waals surface area (Å²) in [5, 5.41) is 7.26. The van der Waals surface area contributed by atoms with Gasteiger partial charge in [-0.1, -0.05) is 35.8 Å². The highest BCUT2D eigenvalue weighted by molar-refractivity contribution is 6.31. The Balaban J connectivity index is 1.63. The zero-order valence-electron chi connectivity index (χ0n) is 14.5. The third-order valence-corrected chi connectivity index (χ3v) is 4.19. The van der Waals surface area contributed by atoms with Gasteiger partial charge < -0.3 is 14.6 Å². The van der Waals surface area contributed by atoms with Gasteiger partial charge in [-0.05, 0) is 42.8 Å². The van der Waals surface area contributed by atoms with Gasteiger partial charge in [-0.3, -0.25) is 4.79 Å². The SMILES string of the molecule is CCc1noc(-c2cccc(OCC(=O)Nc3cccc(Cl)c3C)c2)n1. The molecule has 26 heavy (non-hydrogen) atoms. The molecule has 0 aliphatic carbocycles. The number of anilines is 1. The highest BCUT2D eigenvalue weighted by atomic mass is 35.5. The van der Waals surface area contributed by atoms with E-state index in [4.69, 9.17) is 20.9 Å². The van der Waals surface area contributed by atoms with Crippen molar-refractivity contribution < 1.29 is 14.1 Å². The molecule has 0 bridgehead atoms. The van der Waals surface area contributed by atoms with Crippen molar-refractivity contribution in [1.82, 2.24) is 10.1 Å². The van der Waals surface area contributed by atoms with Gasteiger partial charge in [0.05, 0.1) is 0 Å². The van der Waals surface area contributed by atoms with Crippen molar-refractivity contribution in [3.63, 3.8) is 0 Å². The molecule has 0 radical (unpaired) electrons. The molecule has 134 valence electrons. The van der Waals surface area contributed by atoms with Crippen molar-refractivity contribution in [2.75, 3.05) is 11.9 Å². The number of ether oxygens (including phenoxy) is 1. The maximum atomic E-state index is 12.1. The molecule has 0 fully saturated rings. The number of rotatable bonds is 6. The summed E-state index contributed by atoms with van der Waals surface area (Å²) in [7, 11) is 0. The Labute approximate surface area is 156 Å². The smallest absolute Gasteiger partial charge is 0.262 e. The number of carbonyl (C=O) groups is 1. The van der Waals surface area contributed by atoms with E-state index in [2.05, 4.69) is 15.5 Å². The third-order valence-electron chi connectivity index (χ3n) is 3.78. The fourth-order valence-electron chi connectivity index (χ4n) is 2.31. The zero-order chi connectivity index (χ0) is 18.5. The lowest BCUT2D eigenvalue weighted by molar-refractivity contribution is -0.118. The van der Waals surface area contributed by atoms with Crippen molar-refractivity contribution in [1.29, 1.82) is 0 Å². The van der Waals surface area contributed by atoms with E-state index in [1.54, 1.807) is 36.4 Å². The normalized spacial score (nSPS) is 10.6. The molecule has 7 heteroatoms. The lowest BCUT2D eigenvalue weighted by Gasteiger charge is -2.10. The monoisotopic (exact) mass is 371 g/mol. The van der Waals surface area contributed by atoms with Crippen LogP contribution in [-0.2, 0) is 11.2 Å².